The van der Waals surface area contributed by atoms with Crippen molar-refractivity contribution in [1.82, 2.24) is 4.72 Å². The molecular formula is C15H17NO4S2. The van der Waals surface area contributed by atoms with Crippen LogP contribution in [0.5, 0.6) is 0 Å². The fourth-order valence-corrected chi connectivity index (χ4v) is 4.39. The standard InChI is InChI=1S/C15H17NO4S2/c17-15(18)7-6-13(10-12-4-2-1-3-5-12)16-22(19,20)14-8-9-21-11-14/h1-5,8-9,11,13,16H,6-7,10H2,(H,17,18). The quantitative estimate of drug-likeness (QED) is 0.774. The van der Waals surface area contributed by atoms with Crippen molar-refractivity contribution in [2.75, 3.05) is 0 Å². The van der Waals surface area contributed by atoms with Crippen molar-refractivity contribution in [2.24, 2.45) is 0 Å². The van der Waals surface area contributed by atoms with Gasteiger partial charge in [0.2, 0.25) is 10.0 Å². The Balaban J connectivity index is 2.12. The third-order valence-corrected chi connectivity index (χ3v) is 5.51. The number of nitrogens with one attached hydrogen (secondary N) is 1. The number of carboxylic acids is 1. The SMILES string of the molecule is O=C(O)CCC(Cc1ccccc1)NS(=O)(=O)c1ccsc1. The number of hydrogen-bond donors (Lipinski definition) is 2. The number of benzene rings is 1. The molecular weight excluding hydrogens is 322 g/mol. The Labute approximate surface area is 133 Å². The van der Waals surface area contributed by atoms with E-state index < -0.39 is 22.0 Å². The highest BCUT2D eigenvalue weighted by atomic mass is 32.2. The number of hydrogen-bond acceptors (Lipinski definition) is 4. The molecule has 0 aliphatic carbocycles. The summed E-state index contributed by atoms with van der Waals surface area (Å²) in [6, 6.07) is 10.5. The van der Waals surface area contributed by atoms with Crippen LogP contribution < -0.4 is 4.72 Å². The number of rotatable bonds is 8. The molecule has 1 atom stereocenters. The van der Waals surface area contributed by atoms with E-state index in [0.717, 1.165) is 5.56 Å². The van der Waals surface area contributed by atoms with Crippen molar-refractivity contribution >= 4 is 27.3 Å². The van der Waals surface area contributed by atoms with Gasteiger partial charge in [-0.1, -0.05) is 30.3 Å². The second-order valence-corrected chi connectivity index (χ2v) is 7.39. The largest absolute Gasteiger partial charge is 0.481 e. The molecule has 0 amide bonds. The van der Waals surface area contributed by atoms with Crippen molar-refractivity contribution in [3.8, 4) is 0 Å². The minimum absolute atomic E-state index is 0.0797. The van der Waals surface area contributed by atoms with Crippen molar-refractivity contribution in [2.45, 2.75) is 30.2 Å². The Hall–Kier alpha value is -1.70. The summed E-state index contributed by atoms with van der Waals surface area (Å²) in [6.07, 6.45) is 0.620. The average molecular weight is 339 g/mol. The van der Waals surface area contributed by atoms with Crippen LogP contribution in [0.25, 0.3) is 0 Å². The summed E-state index contributed by atoms with van der Waals surface area (Å²) in [6.45, 7) is 0. The summed E-state index contributed by atoms with van der Waals surface area (Å²) < 4.78 is 27.2. The molecule has 0 saturated carbocycles. The molecule has 7 heteroatoms. The van der Waals surface area contributed by atoms with E-state index in [1.165, 1.54) is 17.4 Å². The fraction of sp³-hybridized carbons (Fsp3) is 0.267. The molecule has 0 radical (unpaired) electrons. The number of aliphatic carboxylic acids is 1. The van der Waals surface area contributed by atoms with Crippen LogP contribution in [0, 0.1) is 0 Å². The Morgan fingerprint density at radius 2 is 1.95 bits per heavy atom. The minimum atomic E-state index is -3.62. The lowest BCUT2D eigenvalue weighted by Gasteiger charge is -2.18. The lowest BCUT2D eigenvalue weighted by molar-refractivity contribution is -0.137. The third-order valence-electron chi connectivity index (χ3n) is 3.16. The predicted molar refractivity (Wildman–Crippen MR) is 85.4 cm³/mol. The molecule has 22 heavy (non-hydrogen) atoms. The second kappa shape index (κ2) is 7.53. The van der Waals surface area contributed by atoms with E-state index in [1.54, 1.807) is 10.8 Å². The first-order valence-corrected chi connectivity index (χ1v) is 9.20. The van der Waals surface area contributed by atoms with Gasteiger partial charge in [-0.3, -0.25) is 4.79 Å². The summed E-state index contributed by atoms with van der Waals surface area (Å²) in [5.74, 6) is -0.937. The highest BCUT2D eigenvalue weighted by Crippen LogP contribution is 2.16. The van der Waals surface area contributed by atoms with Crippen molar-refractivity contribution in [1.29, 1.82) is 0 Å². The van der Waals surface area contributed by atoms with Gasteiger partial charge in [-0.2, -0.15) is 11.3 Å². The van der Waals surface area contributed by atoms with E-state index in [-0.39, 0.29) is 17.7 Å². The Morgan fingerprint density at radius 3 is 2.55 bits per heavy atom. The molecule has 1 heterocycles. The van der Waals surface area contributed by atoms with Gasteiger partial charge in [0.25, 0.3) is 0 Å². The van der Waals surface area contributed by atoms with Gasteiger partial charge in [0.15, 0.2) is 0 Å². The number of carboxylic acid groups (broad SMARTS) is 1. The van der Waals surface area contributed by atoms with E-state index in [4.69, 9.17) is 5.11 Å². The van der Waals surface area contributed by atoms with Crippen LogP contribution in [0.2, 0.25) is 0 Å². The molecule has 5 nitrogen and oxygen atoms in total. The van der Waals surface area contributed by atoms with E-state index in [2.05, 4.69) is 4.72 Å². The van der Waals surface area contributed by atoms with Crippen LogP contribution in [0.1, 0.15) is 18.4 Å². The molecule has 0 saturated heterocycles. The van der Waals surface area contributed by atoms with Gasteiger partial charge < -0.3 is 5.11 Å². The third kappa shape index (κ3) is 4.94. The molecule has 1 aromatic heterocycles. The molecule has 0 bridgehead atoms. The fourth-order valence-electron chi connectivity index (χ4n) is 2.09. The molecule has 1 unspecified atom stereocenters. The van der Waals surface area contributed by atoms with Crippen LogP contribution in [0.4, 0.5) is 0 Å². The van der Waals surface area contributed by atoms with Gasteiger partial charge in [-0.05, 0) is 29.9 Å². The minimum Gasteiger partial charge on any atom is -0.481 e. The van der Waals surface area contributed by atoms with E-state index in [9.17, 15) is 13.2 Å². The van der Waals surface area contributed by atoms with Crippen molar-refractivity contribution < 1.29 is 18.3 Å². The number of carbonyl (C=O) groups is 1. The lowest BCUT2D eigenvalue weighted by atomic mass is 10.0. The van der Waals surface area contributed by atoms with Gasteiger partial charge in [-0.15, -0.1) is 0 Å². The Kier molecular flexibility index (Phi) is 5.70. The summed E-state index contributed by atoms with van der Waals surface area (Å²) in [5.41, 5.74) is 0.964. The van der Waals surface area contributed by atoms with Crippen LogP contribution in [0.3, 0.4) is 0 Å². The summed E-state index contributed by atoms with van der Waals surface area (Å²) >= 11 is 1.30. The first kappa shape index (κ1) is 16.7. The molecule has 1 aromatic carbocycles. The summed E-state index contributed by atoms with van der Waals surface area (Å²) in [7, 11) is -3.62. The van der Waals surface area contributed by atoms with E-state index in [1.807, 2.05) is 30.3 Å². The zero-order valence-electron chi connectivity index (χ0n) is 11.8. The van der Waals surface area contributed by atoms with Crippen LogP contribution >= 0.6 is 11.3 Å². The van der Waals surface area contributed by atoms with E-state index in [0.29, 0.717) is 6.42 Å². The monoisotopic (exact) mass is 339 g/mol. The normalized spacial score (nSPS) is 12.9. The smallest absolute Gasteiger partial charge is 0.303 e. The van der Waals surface area contributed by atoms with Crippen molar-refractivity contribution in [3.05, 3.63) is 52.7 Å². The lowest BCUT2D eigenvalue weighted by Crippen LogP contribution is -2.36. The maximum absolute atomic E-state index is 12.3. The maximum atomic E-state index is 12.3. The molecule has 2 N–H and O–H groups in total. The molecule has 2 aromatic rings. The van der Waals surface area contributed by atoms with Gasteiger partial charge in [0, 0.05) is 17.8 Å². The van der Waals surface area contributed by atoms with Gasteiger partial charge in [0.05, 0.1) is 4.90 Å². The summed E-state index contributed by atoms with van der Waals surface area (Å²) in [5, 5.41) is 12.1. The van der Waals surface area contributed by atoms with Crippen LogP contribution in [0.15, 0.2) is 52.1 Å². The zero-order valence-corrected chi connectivity index (χ0v) is 13.4. The van der Waals surface area contributed by atoms with E-state index >= 15 is 0 Å². The van der Waals surface area contributed by atoms with Crippen LogP contribution in [-0.2, 0) is 21.2 Å². The van der Waals surface area contributed by atoms with Gasteiger partial charge >= 0.3 is 5.97 Å². The first-order valence-electron chi connectivity index (χ1n) is 6.77. The molecule has 0 spiro atoms. The first-order chi connectivity index (χ1) is 10.5. The molecule has 2 rings (SSSR count). The average Bonchev–Trinajstić information content (AvgIpc) is 3.00. The van der Waals surface area contributed by atoms with Crippen LogP contribution in [-0.4, -0.2) is 25.5 Å². The zero-order chi connectivity index (χ0) is 16.0. The van der Waals surface area contributed by atoms with Gasteiger partial charge in [-0.25, -0.2) is 13.1 Å². The highest BCUT2D eigenvalue weighted by Gasteiger charge is 2.21. The van der Waals surface area contributed by atoms with Crippen molar-refractivity contribution in [3.63, 3.8) is 0 Å². The second-order valence-electron chi connectivity index (χ2n) is 4.90. The molecule has 118 valence electrons. The van der Waals surface area contributed by atoms with Gasteiger partial charge in [0.1, 0.15) is 0 Å². The Morgan fingerprint density at radius 1 is 1.23 bits per heavy atom. The molecule has 0 fully saturated rings. The number of sulfonamides is 1. The predicted octanol–water partition coefficient (Wildman–Crippen LogP) is 2.50. The topological polar surface area (TPSA) is 83.5 Å². The highest BCUT2D eigenvalue weighted by molar-refractivity contribution is 7.89. The Bertz CT molecular complexity index is 696. The summed E-state index contributed by atoms with van der Waals surface area (Å²) in [4.78, 5) is 11.0. The number of thiophene rings is 1. The molecule has 0 aliphatic heterocycles. The maximum Gasteiger partial charge on any atom is 0.303 e. The molecule has 0 aliphatic rings.